The van der Waals surface area contributed by atoms with E-state index in [9.17, 15) is 4.79 Å². The molecule has 0 radical (unpaired) electrons. The van der Waals surface area contributed by atoms with Gasteiger partial charge in [-0.25, -0.2) is 4.98 Å². The van der Waals surface area contributed by atoms with E-state index in [4.69, 9.17) is 4.98 Å². The number of piperazine rings is 1. The number of rotatable bonds is 2. The molecule has 23 heavy (non-hydrogen) atoms. The molecule has 3 aromatic rings. The van der Waals surface area contributed by atoms with Gasteiger partial charge in [0.15, 0.2) is 0 Å². The number of hydrogen-bond donors (Lipinski definition) is 0. The molecule has 3 heterocycles. The van der Waals surface area contributed by atoms with Crippen LogP contribution in [0.1, 0.15) is 6.92 Å². The molecule has 0 saturated carbocycles. The van der Waals surface area contributed by atoms with Gasteiger partial charge in [0.2, 0.25) is 0 Å². The largest absolute Gasteiger partial charge is 0.354 e. The molecule has 0 N–H and O–H groups in total. The van der Waals surface area contributed by atoms with E-state index in [0.29, 0.717) is 0 Å². The average molecular weight is 308 g/mol. The third-order valence-corrected chi connectivity index (χ3v) is 4.69. The van der Waals surface area contributed by atoms with Crippen molar-refractivity contribution in [2.24, 2.45) is 0 Å². The Morgan fingerprint density at radius 2 is 1.87 bits per heavy atom. The predicted molar refractivity (Wildman–Crippen MR) is 93.3 cm³/mol. The Hall–Kier alpha value is -2.40. The van der Waals surface area contributed by atoms with E-state index in [1.165, 1.54) is 0 Å². The maximum Gasteiger partial charge on any atom is 0.259 e. The first-order valence-corrected chi connectivity index (χ1v) is 8.15. The summed E-state index contributed by atoms with van der Waals surface area (Å²) in [5, 5.41) is 2.12. The molecule has 1 aromatic carbocycles. The highest BCUT2D eigenvalue weighted by atomic mass is 16.1. The molecule has 0 aliphatic carbocycles. The highest BCUT2D eigenvalue weighted by molar-refractivity contribution is 5.94. The van der Waals surface area contributed by atoms with Crippen molar-refractivity contribution in [1.29, 1.82) is 0 Å². The summed E-state index contributed by atoms with van der Waals surface area (Å²) >= 11 is 0. The van der Waals surface area contributed by atoms with Crippen molar-refractivity contribution >= 4 is 22.2 Å². The molecule has 2 aromatic heterocycles. The molecule has 0 spiro atoms. The molecule has 0 atom stereocenters. The molecule has 1 saturated heterocycles. The lowest BCUT2D eigenvalue weighted by molar-refractivity contribution is 0.270. The second kappa shape index (κ2) is 5.66. The minimum atomic E-state index is -0.0197. The predicted octanol–water partition coefficient (Wildman–Crippen LogP) is 1.99. The summed E-state index contributed by atoms with van der Waals surface area (Å²) in [6.45, 7) is 7.14. The van der Waals surface area contributed by atoms with Gasteiger partial charge in [-0.15, -0.1) is 0 Å². The third kappa shape index (κ3) is 2.47. The highest BCUT2D eigenvalue weighted by Crippen LogP contribution is 2.20. The Balaban J connectivity index is 1.83. The maximum absolute atomic E-state index is 12.5. The fraction of sp³-hybridized carbons (Fsp3) is 0.333. The summed E-state index contributed by atoms with van der Waals surface area (Å²) in [7, 11) is 0. The topological polar surface area (TPSA) is 40.9 Å². The van der Waals surface area contributed by atoms with E-state index >= 15 is 0 Å². The molecule has 0 bridgehead atoms. The van der Waals surface area contributed by atoms with Gasteiger partial charge in [0.1, 0.15) is 11.5 Å². The second-order valence-electron chi connectivity index (χ2n) is 5.97. The number of aromatic nitrogens is 2. The highest BCUT2D eigenvalue weighted by Gasteiger charge is 2.18. The molecule has 1 fully saturated rings. The summed E-state index contributed by atoms with van der Waals surface area (Å²) in [5.74, 6) is 0.794. The van der Waals surface area contributed by atoms with Crippen molar-refractivity contribution in [3.63, 3.8) is 0 Å². The van der Waals surface area contributed by atoms with Crippen LogP contribution in [0.2, 0.25) is 0 Å². The van der Waals surface area contributed by atoms with Crippen molar-refractivity contribution in [3.8, 4) is 0 Å². The third-order valence-electron chi connectivity index (χ3n) is 4.69. The van der Waals surface area contributed by atoms with Gasteiger partial charge >= 0.3 is 0 Å². The lowest BCUT2D eigenvalue weighted by Crippen LogP contribution is -2.46. The zero-order valence-corrected chi connectivity index (χ0v) is 13.3. The van der Waals surface area contributed by atoms with Crippen LogP contribution >= 0.6 is 0 Å². The van der Waals surface area contributed by atoms with Gasteiger partial charge < -0.3 is 9.80 Å². The van der Waals surface area contributed by atoms with Crippen LogP contribution in [0, 0.1) is 0 Å². The van der Waals surface area contributed by atoms with Crippen LogP contribution in [0.3, 0.4) is 0 Å². The summed E-state index contributed by atoms with van der Waals surface area (Å²) in [4.78, 5) is 21.9. The minimum Gasteiger partial charge on any atom is -0.354 e. The van der Waals surface area contributed by atoms with E-state index in [1.807, 2.05) is 36.5 Å². The van der Waals surface area contributed by atoms with Gasteiger partial charge in [0.25, 0.3) is 5.56 Å². The van der Waals surface area contributed by atoms with Gasteiger partial charge in [0, 0.05) is 43.8 Å². The van der Waals surface area contributed by atoms with E-state index in [-0.39, 0.29) is 5.56 Å². The Labute approximate surface area is 134 Å². The number of fused-ring (bicyclic) bond motifs is 3. The van der Waals surface area contributed by atoms with Crippen LogP contribution in [-0.2, 0) is 0 Å². The molecule has 0 unspecified atom stereocenters. The minimum absolute atomic E-state index is 0.0197. The Kier molecular flexibility index (Phi) is 3.50. The normalized spacial score (nSPS) is 16.3. The molecule has 1 aliphatic rings. The molecule has 4 rings (SSSR count). The average Bonchev–Trinajstić information content (AvgIpc) is 2.61. The molecular weight excluding hydrogens is 288 g/mol. The summed E-state index contributed by atoms with van der Waals surface area (Å²) in [5.41, 5.74) is 0.720. The lowest BCUT2D eigenvalue weighted by Gasteiger charge is -2.34. The second-order valence-corrected chi connectivity index (χ2v) is 5.97. The number of likely N-dealkylation sites (N-methyl/N-ethyl adjacent to an activating group) is 1. The zero-order valence-electron chi connectivity index (χ0n) is 13.3. The van der Waals surface area contributed by atoms with Crippen LogP contribution in [-0.4, -0.2) is 47.0 Å². The summed E-state index contributed by atoms with van der Waals surface area (Å²) in [6.07, 6.45) is 1.81. The fourth-order valence-electron chi connectivity index (χ4n) is 3.27. The van der Waals surface area contributed by atoms with Crippen LogP contribution in [0.5, 0.6) is 0 Å². The molecule has 0 amide bonds. The lowest BCUT2D eigenvalue weighted by atomic mass is 10.1. The van der Waals surface area contributed by atoms with Crippen molar-refractivity contribution in [3.05, 3.63) is 52.9 Å². The Morgan fingerprint density at radius 1 is 1.09 bits per heavy atom. The van der Waals surface area contributed by atoms with Crippen LogP contribution in [0.4, 0.5) is 5.82 Å². The molecule has 118 valence electrons. The van der Waals surface area contributed by atoms with Gasteiger partial charge in [-0.05, 0) is 18.0 Å². The number of benzene rings is 1. The van der Waals surface area contributed by atoms with Gasteiger partial charge in [-0.1, -0.05) is 31.2 Å². The van der Waals surface area contributed by atoms with Crippen molar-refractivity contribution in [1.82, 2.24) is 14.3 Å². The first-order valence-electron chi connectivity index (χ1n) is 8.15. The Bertz CT molecular complexity index is 910. The van der Waals surface area contributed by atoms with Crippen LogP contribution < -0.4 is 10.5 Å². The number of hydrogen-bond acceptors (Lipinski definition) is 4. The summed E-state index contributed by atoms with van der Waals surface area (Å²) < 4.78 is 1.63. The van der Waals surface area contributed by atoms with Crippen molar-refractivity contribution in [2.45, 2.75) is 6.92 Å². The monoisotopic (exact) mass is 308 g/mol. The SMILES string of the molecule is CCN1CCN(c2cc(=O)n3ccc4ccccc4c3n2)CC1. The number of anilines is 1. The van der Waals surface area contributed by atoms with Gasteiger partial charge in [-0.2, -0.15) is 0 Å². The van der Waals surface area contributed by atoms with Crippen LogP contribution in [0.25, 0.3) is 16.4 Å². The van der Waals surface area contributed by atoms with E-state index in [2.05, 4.69) is 16.7 Å². The number of pyridine rings is 1. The smallest absolute Gasteiger partial charge is 0.259 e. The maximum atomic E-state index is 12.5. The molecule has 5 nitrogen and oxygen atoms in total. The van der Waals surface area contributed by atoms with Gasteiger partial charge in [-0.3, -0.25) is 9.20 Å². The molecular formula is C18H20N4O. The standard InChI is InChI=1S/C18H20N4O/c1-2-20-9-11-21(12-10-20)16-13-17(23)22-8-7-14-5-3-4-6-15(14)18(22)19-16/h3-8,13H,2,9-12H2,1H3. The first-order chi connectivity index (χ1) is 11.3. The fourth-order valence-corrected chi connectivity index (χ4v) is 3.27. The van der Waals surface area contributed by atoms with E-state index < -0.39 is 0 Å². The number of nitrogens with zero attached hydrogens (tertiary/aromatic N) is 4. The quantitative estimate of drug-likeness (QED) is 0.679. The molecule has 1 aliphatic heterocycles. The van der Waals surface area contributed by atoms with Crippen molar-refractivity contribution < 1.29 is 0 Å². The zero-order chi connectivity index (χ0) is 15.8. The molecule has 5 heteroatoms. The van der Waals surface area contributed by atoms with E-state index in [0.717, 1.165) is 55.0 Å². The van der Waals surface area contributed by atoms with Crippen LogP contribution in [0.15, 0.2) is 47.4 Å². The van der Waals surface area contributed by atoms with Crippen molar-refractivity contribution in [2.75, 3.05) is 37.6 Å². The van der Waals surface area contributed by atoms with E-state index in [1.54, 1.807) is 10.5 Å². The summed E-state index contributed by atoms with van der Waals surface area (Å²) in [6, 6.07) is 11.7. The van der Waals surface area contributed by atoms with Gasteiger partial charge in [0.05, 0.1) is 0 Å². The Morgan fingerprint density at radius 3 is 2.65 bits per heavy atom. The first kappa shape index (κ1) is 14.2.